The molecule has 0 bridgehead atoms. The van der Waals surface area contributed by atoms with Gasteiger partial charge in [-0.25, -0.2) is 0 Å². The molecule has 1 rings (SSSR count). The van der Waals surface area contributed by atoms with Crippen molar-refractivity contribution in [2.45, 2.75) is 161 Å². The number of phenolic OH excluding ortho intramolecular Hbond substituents is 2. The van der Waals surface area contributed by atoms with E-state index in [0.717, 1.165) is 31.4 Å². The van der Waals surface area contributed by atoms with Crippen LogP contribution in [0.2, 0.25) is 0 Å². The molecule has 1 aromatic rings. The summed E-state index contributed by atoms with van der Waals surface area (Å²) in [5, 5.41) is 22.7. The van der Waals surface area contributed by atoms with Crippen LogP contribution in [0.3, 0.4) is 0 Å². The number of carbonyl (C=O) groups excluding carboxylic acids is 1. The Balaban J connectivity index is 1.87. The average Bonchev–Trinajstić information content (AvgIpc) is 2.85. The van der Waals surface area contributed by atoms with Crippen LogP contribution in [-0.4, -0.2) is 22.7 Å². The van der Waals surface area contributed by atoms with Crippen LogP contribution in [0.5, 0.6) is 11.5 Å². The molecule has 0 spiro atoms. The molecule has 0 unspecified atom stereocenters. The highest BCUT2D eigenvalue weighted by molar-refractivity contribution is 5.75. The smallest absolute Gasteiger partial charge is 0.219 e. The number of aromatic hydroxyl groups is 2. The summed E-state index contributed by atoms with van der Waals surface area (Å²) in [4.78, 5) is 12.2. The molecule has 1 amide bonds. The average molecular weight is 518 g/mol. The van der Waals surface area contributed by atoms with Crippen LogP contribution in [0.15, 0.2) is 18.2 Å². The number of amides is 1. The first-order valence-electron chi connectivity index (χ1n) is 15.7. The zero-order chi connectivity index (χ0) is 27.2. The molecule has 1 aromatic carbocycles. The zero-order valence-corrected chi connectivity index (χ0v) is 24.6. The minimum atomic E-state index is -0.245. The summed E-state index contributed by atoms with van der Waals surface area (Å²) in [6.07, 6.45) is 26.8. The number of phenols is 2. The van der Waals surface area contributed by atoms with E-state index in [0.29, 0.717) is 6.42 Å². The Hall–Kier alpha value is -1.71. The predicted octanol–water partition coefficient (Wildman–Crippen LogP) is 9.70. The van der Waals surface area contributed by atoms with Crippen molar-refractivity contribution in [3.63, 3.8) is 0 Å². The lowest BCUT2D eigenvalue weighted by molar-refractivity contribution is -0.121. The summed E-state index contributed by atoms with van der Waals surface area (Å²) in [5.41, 5.74) is 0.565. The van der Waals surface area contributed by atoms with Gasteiger partial charge in [0.05, 0.1) is 0 Å². The number of nitrogens with one attached hydrogen (secondary N) is 1. The fraction of sp³-hybridized carbons (Fsp3) is 0.788. The van der Waals surface area contributed by atoms with Gasteiger partial charge in [-0.1, -0.05) is 136 Å². The van der Waals surface area contributed by atoms with E-state index in [1.807, 2.05) is 0 Å². The number of hydrogen-bond acceptors (Lipinski definition) is 3. The molecule has 0 saturated carbocycles. The zero-order valence-electron chi connectivity index (χ0n) is 24.6. The first-order chi connectivity index (χ1) is 17.9. The van der Waals surface area contributed by atoms with Crippen molar-refractivity contribution in [2.75, 3.05) is 6.54 Å². The number of rotatable bonds is 24. The normalized spacial score (nSPS) is 11.6. The van der Waals surface area contributed by atoms with Crippen molar-refractivity contribution in [1.82, 2.24) is 5.32 Å². The molecule has 0 atom stereocenters. The van der Waals surface area contributed by atoms with Crippen LogP contribution in [-0.2, 0) is 10.2 Å². The van der Waals surface area contributed by atoms with Crippen molar-refractivity contribution in [1.29, 1.82) is 0 Å². The number of carbonyl (C=O) groups is 1. The number of unbranched alkanes of at least 4 members (excludes halogenated alkanes) is 17. The summed E-state index contributed by atoms with van der Waals surface area (Å²) in [7, 11) is 0. The van der Waals surface area contributed by atoms with E-state index in [1.165, 1.54) is 115 Å². The van der Waals surface area contributed by atoms with Crippen LogP contribution in [0, 0.1) is 0 Å². The van der Waals surface area contributed by atoms with Crippen LogP contribution in [0.1, 0.15) is 161 Å². The molecular formula is C33H59NO3. The van der Waals surface area contributed by atoms with E-state index in [4.69, 9.17) is 0 Å². The minimum absolute atomic E-state index is 0.0658. The largest absolute Gasteiger partial charge is 0.508 e. The molecule has 0 aliphatic rings. The van der Waals surface area contributed by atoms with Gasteiger partial charge in [-0.05, 0) is 36.3 Å². The summed E-state index contributed by atoms with van der Waals surface area (Å²) in [6.45, 7) is 7.19. The summed E-state index contributed by atoms with van der Waals surface area (Å²) < 4.78 is 0. The van der Waals surface area contributed by atoms with Crippen LogP contribution < -0.4 is 5.32 Å². The predicted molar refractivity (Wildman–Crippen MR) is 158 cm³/mol. The lowest BCUT2D eigenvalue weighted by atomic mass is 9.79. The Morgan fingerprint density at radius 3 is 1.62 bits per heavy atom. The Labute approximate surface area is 229 Å². The highest BCUT2D eigenvalue weighted by Crippen LogP contribution is 2.36. The standard InChI is InChI=1S/C33H59NO3/c1-4-5-6-7-8-9-10-11-12-13-14-15-16-17-18-19-20-21-27-34-32(37)23-22-26-33(2,3)30-25-24-29(35)28-31(30)36/h24-25,28,35-36H,4-23,26-27H2,1-3H3,(H,34,37). The molecule has 4 heteroatoms. The molecule has 0 aromatic heterocycles. The van der Waals surface area contributed by atoms with Crippen molar-refractivity contribution in [2.24, 2.45) is 0 Å². The first kappa shape index (κ1) is 33.3. The van der Waals surface area contributed by atoms with Gasteiger partial charge in [0, 0.05) is 19.0 Å². The molecule has 37 heavy (non-hydrogen) atoms. The van der Waals surface area contributed by atoms with Gasteiger partial charge in [0.15, 0.2) is 0 Å². The summed E-state index contributed by atoms with van der Waals surface area (Å²) >= 11 is 0. The Morgan fingerprint density at radius 2 is 1.16 bits per heavy atom. The van der Waals surface area contributed by atoms with Crippen molar-refractivity contribution in [3.05, 3.63) is 23.8 Å². The third-order valence-corrected chi connectivity index (χ3v) is 7.77. The third-order valence-electron chi connectivity index (χ3n) is 7.77. The molecule has 0 fully saturated rings. The van der Waals surface area contributed by atoms with E-state index in [1.54, 1.807) is 12.1 Å². The number of benzene rings is 1. The molecule has 0 aliphatic carbocycles. The molecule has 0 aliphatic heterocycles. The molecule has 0 radical (unpaired) electrons. The Morgan fingerprint density at radius 1 is 0.703 bits per heavy atom. The monoisotopic (exact) mass is 517 g/mol. The topological polar surface area (TPSA) is 69.6 Å². The van der Waals surface area contributed by atoms with Gasteiger partial charge in [0.2, 0.25) is 5.91 Å². The lowest BCUT2D eigenvalue weighted by Crippen LogP contribution is -2.25. The Bertz CT molecular complexity index is 701. The van der Waals surface area contributed by atoms with E-state index < -0.39 is 0 Å². The second-order valence-corrected chi connectivity index (χ2v) is 11.8. The fourth-order valence-corrected chi connectivity index (χ4v) is 5.26. The van der Waals surface area contributed by atoms with Crippen molar-refractivity contribution >= 4 is 5.91 Å². The Kier molecular flexibility index (Phi) is 19.1. The molecule has 0 heterocycles. The van der Waals surface area contributed by atoms with E-state index >= 15 is 0 Å². The maximum Gasteiger partial charge on any atom is 0.219 e. The quantitative estimate of drug-likeness (QED) is 0.120. The third kappa shape index (κ3) is 17.4. The molecule has 4 nitrogen and oxygen atoms in total. The van der Waals surface area contributed by atoms with Crippen LogP contribution >= 0.6 is 0 Å². The first-order valence-corrected chi connectivity index (χ1v) is 15.7. The lowest BCUT2D eigenvalue weighted by Gasteiger charge is -2.26. The van der Waals surface area contributed by atoms with E-state index in [-0.39, 0.29) is 22.8 Å². The summed E-state index contributed by atoms with van der Waals surface area (Å²) in [5.74, 6) is 0.303. The highest BCUT2D eigenvalue weighted by atomic mass is 16.3. The van der Waals surface area contributed by atoms with E-state index in [2.05, 4.69) is 26.1 Å². The van der Waals surface area contributed by atoms with Crippen molar-refractivity contribution in [3.8, 4) is 11.5 Å². The van der Waals surface area contributed by atoms with Gasteiger partial charge >= 0.3 is 0 Å². The minimum Gasteiger partial charge on any atom is -0.508 e. The van der Waals surface area contributed by atoms with E-state index in [9.17, 15) is 15.0 Å². The second-order valence-electron chi connectivity index (χ2n) is 11.8. The second kappa shape index (κ2) is 21.2. The number of hydrogen-bond donors (Lipinski definition) is 3. The van der Waals surface area contributed by atoms with Gasteiger partial charge in [0.1, 0.15) is 11.5 Å². The van der Waals surface area contributed by atoms with Gasteiger partial charge in [-0.15, -0.1) is 0 Å². The van der Waals surface area contributed by atoms with Crippen LogP contribution in [0.4, 0.5) is 0 Å². The van der Waals surface area contributed by atoms with Crippen LogP contribution in [0.25, 0.3) is 0 Å². The van der Waals surface area contributed by atoms with Gasteiger partial charge in [-0.3, -0.25) is 4.79 Å². The highest BCUT2D eigenvalue weighted by Gasteiger charge is 2.24. The van der Waals surface area contributed by atoms with Gasteiger partial charge < -0.3 is 15.5 Å². The van der Waals surface area contributed by atoms with Crippen molar-refractivity contribution < 1.29 is 15.0 Å². The maximum absolute atomic E-state index is 12.2. The molecular weight excluding hydrogens is 458 g/mol. The van der Waals surface area contributed by atoms with Gasteiger partial charge in [0.25, 0.3) is 0 Å². The van der Waals surface area contributed by atoms with Gasteiger partial charge in [-0.2, -0.15) is 0 Å². The SMILES string of the molecule is CCCCCCCCCCCCCCCCCCCCNC(=O)CCCC(C)(C)c1ccc(O)cc1O. The fourth-order valence-electron chi connectivity index (χ4n) is 5.26. The molecule has 214 valence electrons. The molecule has 0 saturated heterocycles. The maximum atomic E-state index is 12.2. The molecule has 3 N–H and O–H groups in total. The summed E-state index contributed by atoms with van der Waals surface area (Å²) in [6, 6.07) is 4.75.